The van der Waals surface area contributed by atoms with Crippen LogP contribution in [-0.4, -0.2) is 15.7 Å². The van der Waals surface area contributed by atoms with Crippen LogP contribution in [0.5, 0.6) is 0 Å². The van der Waals surface area contributed by atoms with Crippen LogP contribution in [0.25, 0.3) is 11.1 Å². The molecule has 2 aromatic heterocycles. The molecule has 0 fully saturated rings. The van der Waals surface area contributed by atoms with Gasteiger partial charge >= 0.3 is 0 Å². The van der Waals surface area contributed by atoms with Gasteiger partial charge in [-0.05, 0) is 30.5 Å². The van der Waals surface area contributed by atoms with E-state index >= 15 is 0 Å². The average Bonchev–Trinajstić information content (AvgIpc) is 3.17. The standard InChI is InChI=1S/C19H18N4OS/c1-4-13-5-7-14(8-6-13)17-12(2)25-19(15(17)11-20)22-18(24)16-9-10-21-23(16)3/h5-10H,4H2,1-3H3,(H,22,24). The van der Waals surface area contributed by atoms with Gasteiger partial charge in [-0.1, -0.05) is 31.2 Å². The topological polar surface area (TPSA) is 70.7 Å². The van der Waals surface area contributed by atoms with Crippen LogP contribution in [0.2, 0.25) is 0 Å². The first kappa shape index (κ1) is 16.9. The van der Waals surface area contributed by atoms with Gasteiger partial charge in [0.2, 0.25) is 0 Å². The number of hydrogen-bond acceptors (Lipinski definition) is 4. The SMILES string of the molecule is CCc1ccc(-c2c(C)sc(NC(=O)c3ccnn3C)c2C#N)cc1. The van der Waals surface area contributed by atoms with E-state index in [-0.39, 0.29) is 5.91 Å². The van der Waals surface area contributed by atoms with Gasteiger partial charge in [0.25, 0.3) is 5.91 Å². The van der Waals surface area contributed by atoms with Gasteiger partial charge in [0.1, 0.15) is 16.8 Å². The van der Waals surface area contributed by atoms with Gasteiger partial charge in [0, 0.05) is 23.7 Å². The number of anilines is 1. The van der Waals surface area contributed by atoms with Crippen LogP contribution in [0, 0.1) is 18.3 Å². The summed E-state index contributed by atoms with van der Waals surface area (Å²) >= 11 is 1.42. The minimum absolute atomic E-state index is 0.273. The Kier molecular flexibility index (Phi) is 4.68. The van der Waals surface area contributed by atoms with Crippen molar-refractivity contribution in [1.82, 2.24) is 9.78 Å². The van der Waals surface area contributed by atoms with E-state index in [2.05, 4.69) is 35.5 Å². The lowest BCUT2D eigenvalue weighted by molar-refractivity contribution is 0.101. The normalized spacial score (nSPS) is 10.5. The van der Waals surface area contributed by atoms with Crippen LogP contribution < -0.4 is 5.32 Å². The molecule has 6 heteroatoms. The molecule has 3 aromatic rings. The quantitative estimate of drug-likeness (QED) is 0.768. The number of thiophene rings is 1. The van der Waals surface area contributed by atoms with E-state index in [1.807, 2.05) is 19.1 Å². The van der Waals surface area contributed by atoms with Gasteiger partial charge in [0.15, 0.2) is 0 Å². The molecule has 126 valence electrons. The average molecular weight is 350 g/mol. The molecule has 25 heavy (non-hydrogen) atoms. The number of nitrogens with zero attached hydrogens (tertiary/aromatic N) is 3. The third-order valence-corrected chi connectivity index (χ3v) is 5.15. The van der Waals surface area contributed by atoms with Crippen LogP contribution in [0.1, 0.15) is 33.4 Å². The lowest BCUT2D eigenvalue weighted by Crippen LogP contribution is -2.15. The molecule has 0 unspecified atom stereocenters. The maximum atomic E-state index is 12.4. The molecular weight excluding hydrogens is 332 g/mol. The minimum atomic E-state index is -0.273. The number of aryl methyl sites for hydroxylation is 3. The van der Waals surface area contributed by atoms with E-state index < -0.39 is 0 Å². The summed E-state index contributed by atoms with van der Waals surface area (Å²) in [4.78, 5) is 13.4. The molecule has 5 nitrogen and oxygen atoms in total. The Labute approximate surface area is 150 Å². The Hall–Kier alpha value is -2.91. The number of carbonyl (C=O) groups excluding carboxylic acids is 1. The van der Waals surface area contributed by atoms with Gasteiger partial charge in [-0.3, -0.25) is 9.48 Å². The van der Waals surface area contributed by atoms with Crippen molar-refractivity contribution in [2.45, 2.75) is 20.3 Å². The molecule has 0 aliphatic heterocycles. The van der Waals surface area contributed by atoms with Gasteiger partial charge in [-0.2, -0.15) is 10.4 Å². The Morgan fingerprint density at radius 2 is 2.04 bits per heavy atom. The van der Waals surface area contributed by atoms with Crippen molar-refractivity contribution in [3.8, 4) is 17.2 Å². The fourth-order valence-corrected chi connectivity index (χ4v) is 3.78. The maximum absolute atomic E-state index is 12.4. The molecule has 0 saturated heterocycles. The molecule has 3 rings (SSSR count). The molecule has 1 aromatic carbocycles. The molecule has 0 radical (unpaired) electrons. The monoisotopic (exact) mass is 350 g/mol. The number of nitrogens with one attached hydrogen (secondary N) is 1. The number of aromatic nitrogens is 2. The van der Waals surface area contributed by atoms with Crippen molar-refractivity contribution in [3.63, 3.8) is 0 Å². The van der Waals surface area contributed by atoms with E-state index in [4.69, 9.17) is 0 Å². The fourth-order valence-electron chi connectivity index (χ4n) is 2.76. The Morgan fingerprint density at radius 1 is 1.32 bits per heavy atom. The molecule has 0 spiro atoms. The molecule has 0 atom stereocenters. The lowest BCUT2D eigenvalue weighted by atomic mass is 10.00. The largest absolute Gasteiger partial charge is 0.311 e. The number of hydrogen-bond donors (Lipinski definition) is 1. The van der Waals surface area contributed by atoms with Crippen molar-refractivity contribution in [1.29, 1.82) is 5.26 Å². The van der Waals surface area contributed by atoms with Gasteiger partial charge < -0.3 is 5.32 Å². The zero-order valence-electron chi connectivity index (χ0n) is 14.3. The first-order valence-electron chi connectivity index (χ1n) is 7.97. The van der Waals surface area contributed by atoms with Gasteiger partial charge in [0.05, 0.1) is 5.56 Å². The van der Waals surface area contributed by atoms with Crippen molar-refractivity contribution >= 4 is 22.2 Å². The number of benzene rings is 1. The van der Waals surface area contributed by atoms with E-state index in [9.17, 15) is 10.1 Å². The van der Waals surface area contributed by atoms with E-state index in [0.29, 0.717) is 16.3 Å². The summed E-state index contributed by atoms with van der Waals surface area (Å²) in [7, 11) is 1.71. The predicted octanol–water partition coefficient (Wildman–Crippen LogP) is 4.14. The minimum Gasteiger partial charge on any atom is -0.311 e. The molecular formula is C19H18N4OS. The highest BCUT2D eigenvalue weighted by atomic mass is 32.1. The Morgan fingerprint density at radius 3 is 2.60 bits per heavy atom. The van der Waals surface area contributed by atoms with E-state index in [0.717, 1.165) is 22.4 Å². The molecule has 0 saturated carbocycles. The molecule has 0 aliphatic carbocycles. The third kappa shape index (κ3) is 3.19. The van der Waals surface area contributed by atoms with E-state index in [1.165, 1.54) is 21.6 Å². The first-order valence-corrected chi connectivity index (χ1v) is 8.79. The van der Waals surface area contributed by atoms with Crippen molar-refractivity contribution in [3.05, 3.63) is 58.2 Å². The van der Waals surface area contributed by atoms with Crippen LogP contribution in [-0.2, 0) is 13.5 Å². The Balaban J connectivity index is 1.98. The van der Waals surface area contributed by atoms with Gasteiger partial charge in [-0.15, -0.1) is 11.3 Å². The second kappa shape index (κ2) is 6.91. The summed E-state index contributed by atoms with van der Waals surface area (Å²) in [5.41, 5.74) is 4.07. The summed E-state index contributed by atoms with van der Waals surface area (Å²) in [6, 6.07) is 12.1. The summed E-state index contributed by atoms with van der Waals surface area (Å²) < 4.78 is 1.51. The number of rotatable bonds is 4. The van der Waals surface area contributed by atoms with Crippen LogP contribution in [0.3, 0.4) is 0 Å². The van der Waals surface area contributed by atoms with Crippen LogP contribution in [0.15, 0.2) is 36.5 Å². The number of amides is 1. The van der Waals surface area contributed by atoms with Crippen molar-refractivity contribution < 1.29 is 4.79 Å². The maximum Gasteiger partial charge on any atom is 0.274 e. The second-order valence-electron chi connectivity index (χ2n) is 5.69. The zero-order chi connectivity index (χ0) is 18.0. The molecule has 1 N–H and O–H groups in total. The zero-order valence-corrected chi connectivity index (χ0v) is 15.1. The molecule has 0 aliphatic rings. The van der Waals surface area contributed by atoms with Crippen LogP contribution in [0.4, 0.5) is 5.00 Å². The number of nitriles is 1. The lowest BCUT2D eigenvalue weighted by Gasteiger charge is -2.05. The smallest absolute Gasteiger partial charge is 0.274 e. The van der Waals surface area contributed by atoms with Crippen LogP contribution >= 0.6 is 11.3 Å². The highest BCUT2D eigenvalue weighted by Gasteiger charge is 2.20. The second-order valence-corrected chi connectivity index (χ2v) is 6.92. The Bertz CT molecular complexity index is 960. The fraction of sp³-hybridized carbons (Fsp3) is 0.211. The summed E-state index contributed by atoms with van der Waals surface area (Å²) in [5, 5.41) is 17.1. The number of carbonyl (C=O) groups is 1. The molecule has 0 bridgehead atoms. The van der Waals surface area contributed by atoms with Crippen molar-refractivity contribution in [2.24, 2.45) is 7.05 Å². The predicted molar refractivity (Wildman–Crippen MR) is 99.7 cm³/mol. The van der Waals surface area contributed by atoms with Crippen molar-refractivity contribution in [2.75, 3.05) is 5.32 Å². The summed E-state index contributed by atoms with van der Waals surface area (Å²) in [6.07, 6.45) is 2.54. The highest BCUT2D eigenvalue weighted by Crippen LogP contribution is 2.39. The third-order valence-electron chi connectivity index (χ3n) is 4.13. The summed E-state index contributed by atoms with van der Waals surface area (Å²) in [6.45, 7) is 4.08. The first-order chi connectivity index (χ1) is 12.0. The molecule has 1 amide bonds. The molecule has 2 heterocycles. The van der Waals surface area contributed by atoms with E-state index in [1.54, 1.807) is 19.3 Å². The summed E-state index contributed by atoms with van der Waals surface area (Å²) in [5.74, 6) is -0.273. The van der Waals surface area contributed by atoms with Gasteiger partial charge in [-0.25, -0.2) is 0 Å². The highest BCUT2D eigenvalue weighted by molar-refractivity contribution is 7.17.